The third kappa shape index (κ3) is 4.96. The lowest BCUT2D eigenvalue weighted by atomic mass is 10.1. The van der Waals surface area contributed by atoms with Gasteiger partial charge < -0.3 is 10.2 Å². The van der Waals surface area contributed by atoms with E-state index in [4.69, 9.17) is 0 Å². The molecule has 12 heavy (non-hydrogen) atoms. The van der Waals surface area contributed by atoms with Crippen LogP contribution in [0.5, 0.6) is 0 Å². The molecule has 0 atom stereocenters. The van der Waals surface area contributed by atoms with Gasteiger partial charge in [0.05, 0.1) is 0 Å². The van der Waals surface area contributed by atoms with Gasteiger partial charge in [-0.3, -0.25) is 0 Å². The zero-order chi connectivity index (χ0) is 7.94. The molecule has 0 amide bonds. The molecule has 0 radical (unpaired) electrons. The van der Waals surface area contributed by atoms with E-state index in [1.165, 1.54) is 38.9 Å². The fraction of sp³-hybridized carbons (Fsp3) is 1.00. The minimum Gasteiger partial charge on any atom is -0.316 e. The van der Waals surface area contributed by atoms with E-state index in [2.05, 4.69) is 17.1 Å². The van der Waals surface area contributed by atoms with Gasteiger partial charge in [0.15, 0.2) is 0 Å². The predicted molar refractivity (Wildman–Crippen MR) is 56.1 cm³/mol. The van der Waals surface area contributed by atoms with Crippen molar-refractivity contribution in [2.45, 2.75) is 26.2 Å². The van der Waals surface area contributed by atoms with E-state index < -0.39 is 0 Å². The summed E-state index contributed by atoms with van der Waals surface area (Å²) in [7, 11) is 0. The van der Waals surface area contributed by atoms with Gasteiger partial charge in [0.2, 0.25) is 0 Å². The zero-order valence-electron chi connectivity index (χ0n) is 8.01. The van der Waals surface area contributed by atoms with Crippen molar-refractivity contribution < 1.29 is 0 Å². The van der Waals surface area contributed by atoms with E-state index in [9.17, 15) is 0 Å². The van der Waals surface area contributed by atoms with Crippen LogP contribution >= 0.6 is 12.4 Å². The molecule has 1 aliphatic heterocycles. The number of rotatable bonds is 4. The quantitative estimate of drug-likeness (QED) is 0.680. The van der Waals surface area contributed by atoms with Crippen LogP contribution in [-0.4, -0.2) is 37.6 Å². The van der Waals surface area contributed by atoms with Crippen molar-refractivity contribution in [3.63, 3.8) is 0 Å². The number of nitrogens with zero attached hydrogens (tertiary/aromatic N) is 1. The van der Waals surface area contributed by atoms with Gasteiger partial charge in [-0.15, -0.1) is 12.4 Å². The van der Waals surface area contributed by atoms with Crippen LogP contribution in [0.15, 0.2) is 0 Å². The number of hydrogen-bond donors (Lipinski definition) is 1. The van der Waals surface area contributed by atoms with E-state index in [0.29, 0.717) is 0 Å². The highest BCUT2D eigenvalue weighted by Crippen LogP contribution is 2.06. The molecular formula is C9H21ClN2. The molecule has 0 aromatic carbocycles. The molecule has 0 bridgehead atoms. The molecule has 0 saturated carbocycles. The molecule has 1 aliphatic rings. The summed E-state index contributed by atoms with van der Waals surface area (Å²) < 4.78 is 0. The van der Waals surface area contributed by atoms with Crippen LogP contribution in [0.2, 0.25) is 0 Å². The lowest BCUT2D eigenvalue weighted by Crippen LogP contribution is -2.35. The third-order valence-corrected chi connectivity index (χ3v) is 2.30. The zero-order valence-corrected chi connectivity index (χ0v) is 8.83. The Morgan fingerprint density at radius 2 is 1.83 bits per heavy atom. The lowest BCUT2D eigenvalue weighted by molar-refractivity contribution is 0.229. The maximum atomic E-state index is 3.35. The molecule has 2 nitrogen and oxygen atoms in total. The maximum Gasteiger partial charge on any atom is 0.0107 e. The maximum absolute atomic E-state index is 3.35. The van der Waals surface area contributed by atoms with Crippen LogP contribution in [0.3, 0.4) is 0 Å². The summed E-state index contributed by atoms with van der Waals surface area (Å²) in [5.74, 6) is 0. The minimum atomic E-state index is 0. The second kappa shape index (κ2) is 7.84. The van der Waals surface area contributed by atoms with Crippen molar-refractivity contribution in [2.75, 3.05) is 32.7 Å². The summed E-state index contributed by atoms with van der Waals surface area (Å²) in [5.41, 5.74) is 0. The molecule has 1 heterocycles. The molecule has 1 N–H and O–H groups in total. The molecule has 0 aliphatic carbocycles. The summed E-state index contributed by atoms with van der Waals surface area (Å²) in [6, 6.07) is 0. The van der Waals surface area contributed by atoms with Crippen LogP contribution < -0.4 is 5.32 Å². The van der Waals surface area contributed by atoms with E-state index >= 15 is 0 Å². The van der Waals surface area contributed by atoms with Crippen LogP contribution in [0.1, 0.15) is 26.2 Å². The molecule has 1 rings (SSSR count). The molecule has 0 aromatic heterocycles. The summed E-state index contributed by atoms with van der Waals surface area (Å²) in [6.07, 6.45) is 4.26. The summed E-state index contributed by atoms with van der Waals surface area (Å²) >= 11 is 0. The first-order valence-corrected chi connectivity index (χ1v) is 4.86. The van der Waals surface area contributed by atoms with Gasteiger partial charge in [0.1, 0.15) is 0 Å². The highest BCUT2D eigenvalue weighted by molar-refractivity contribution is 5.85. The van der Waals surface area contributed by atoms with Crippen molar-refractivity contribution in [1.82, 2.24) is 10.2 Å². The highest BCUT2D eigenvalue weighted by atomic mass is 35.5. The molecule has 1 fully saturated rings. The van der Waals surface area contributed by atoms with E-state index in [-0.39, 0.29) is 12.4 Å². The first-order chi connectivity index (χ1) is 5.43. The Morgan fingerprint density at radius 3 is 2.42 bits per heavy atom. The standard InChI is InChI=1S/C9H20N2.ClH/c1-2-10-6-9-11-7-4-3-5-8-11;/h10H,2-9H2,1H3;1H. The SMILES string of the molecule is CCNCCN1CCCCC1.Cl. The van der Waals surface area contributed by atoms with Gasteiger partial charge in [0.25, 0.3) is 0 Å². The first-order valence-electron chi connectivity index (χ1n) is 4.86. The normalized spacial score (nSPS) is 18.8. The van der Waals surface area contributed by atoms with Crippen molar-refractivity contribution >= 4 is 12.4 Å². The number of halogens is 1. The van der Waals surface area contributed by atoms with Gasteiger partial charge in [-0.1, -0.05) is 13.3 Å². The fourth-order valence-electron chi connectivity index (χ4n) is 1.60. The Bertz CT molecular complexity index is 92.5. The van der Waals surface area contributed by atoms with Crippen molar-refractivity contribution in [3.05, 3.63) is 0 Å². The van der Waals surface area contributed by atoms with Gasteiger partial charge >= 0.3 is 0 Å². The second-order valence-corrected chi connectivity index (χ2v) is 3.26. The predicted octanol–water partition coefficient (Wildman–Crippen LogP) is 1.50. The number of hydrogen-bond acceptors (Lipinski definition) is 2. The number of piperidine rings is 1. The summed E-state index contributed by atoms with van der Waals surface area (Å²) in [6.45, 7) is 8.32. The molecule has 1 saturated heterocycles. The smallest absolute Gasteiger partial charge is 0.0107 e. The molecule has 0 aromatic rings. The molecular weight excluding hydrogens is 172 g/mol. The Kier molecular flexibility index (Phi) is 7.98. The fourth-order valence-corrected chi connectivity index (χ4v) is 1.60. The Balaban J connectivity index is 0.00000121. The van der Waals surface area contributed by atoms with Crippen molar-refractivity contribution in [1.29, 1.82) is 0 Å². The van der Waals surface area contributed by atoms with E-state index in [0.717, 1.165) is 13.1 Å². The van der Waals surface area contributed by atoms with Gasteiger partial charge in [-0.05, 0) is 32.5 Å². The third-order valence-electron chi connectivity index (χ3n) is 2.30. The van der Waals surface area contributed by atoms with Crippen LogP contribution in [-0.2, 0) is 0 Å². The number of likely N-dealkylation sites (N-methyl/N-ethyl adjacent to an activating group) is 1. The van der Waals surface area contributed by atoms with Gasteiger partial charge in [-0.2, -0.15) is 0 Å². The minimum absolute atomic E-state index is 0. The molecule has 0 spiro atoms. The summed E-state index contributed by atoms with van der Waals surface area (Å²) in [4.78, 5) is 2.56. The van der Waals surface area contributed by atoms with Crippen molar-refractivity contribution in [2.24, 2.45) is 0 Å². The Hall–Kier alpha value is 0.210. The van der Waals surface area contributed by atoms with E-state index in [1.54, 1.807) is 0 Å². The van der Waals surface area contributed by atoms with Crippen LogP contribution in [0.4, 0.5) is 0 Å². The average molecular weight is 193 g/mol. The topological polar surface area (TPSA) is 15.3 Å². The highest BCUT2D eigenvalue weighted by Gasteiger charge is 2.07. The van der Waals surface area contributed by atoms with Crippen LogP contribution in [0, 0.1) is 0 Å². The Morgan fingerprint density at radius 1 is 1.17 bits per heavy atom. The largest absolute Gasteiger partial charge is 0.316 e. The van der Waals surface area contributed by atoms with Gasteiger partial charge in [-0.25, -0.2) is 0 Å². The average Bonchev–Trinajstić information content (AvgIpc) is 2.07. The van der Waals surface area contributed by atoms with Crippen LogP contribution in [0.25, 0.3) is 0 Å². The number of nitrogens with one attached hydrogen (secondary N) is 1. The summed E-state index contributed by atoms with van der Waals surface area (Å²) in [5, 5.41) is 3.35. The van der Waals surface area contributed by atoms with Gasteiger partial charge in [0, 0.05) is 13.1 Å². The molecule has 0 unspecified atom stereocenters. The first kappa shape index (κ1) is 12.2. The monoisotopic (exact) mass is 192 g/mol. The van der Waals surface area contributed by atoms with Crippen molar-refractivity contribution in [3.8, 4) is 0 Å². The molecule has 3 heteroatoms. The second-order valence-electron chi connectivity index (χ2n) is 3.26. The van der Waals surface area contributed by atoms with E-state index in [1.807, 2.05) is 0 Å². The Labute approximate surface area is 82.1 Å². The lowest BCUT2D eigenvalue weighted by Gasteiger charge is -2.26. The number of likely N-dealkylation sites (tertiary alicyclic amines) is 1. The molecule has 74 valence electrons.